The van der Waals surface area contributed by atoms with Crippen LogP contribution in [0.3, 0.4) is 0 Å². The van der Waals surface area contributed by atoms with E-state index in [9.17, 15) is 0 Å². The summed E-state index contributed by atoms with van der Waals surface area (Å²) < 4.78 is 6.89. The molecule has 2 heterocycles. The number of hydrogen-bond donors (Lipinski definition) is 0. The molecule has 0 amide bonds. The second kappa shape index (κ2) is 5.46. The van der Waals surface area contributed by atoms with Crippen LogP contribution in [-0.2, 0) is 0 Å². The van der Waals surface area contributed by atoms with E-state index in [0.29, 0.717) is 16.9 Å². The molecular formula is C13H13N5OS. The van der Waals surface area contributed by atoms with Crippen LogP contribution in [0.4, 0.5) is 0 Å². The highest BCUT2D eigenvalue weighted by molar-refractivity contribution is 7.99. The Bertz CT molecular complexity index is 694. The lowest BCUT2D eigenvalue weighted by Crippen LogP contribution is -1.94. The number of hydrogen-bond acceptors (Lipinski definition) is 6. The zero-order valence-corrected chi connectivity index (χ0v) is 11.9. The molecule has 0 saturated carbocycles. The molecule has 3 rings (SSSR count). The van der Waals surface area contributed by atoms with E-state index >= 15 is 0 Å². The molecule has 0 spiro atoms. The van der Waals surface area contributed by atoms with Crippen molar-refractivity contribution < 1.29 is 4.52 Å². The second-order valence-corrected chi connectivity index (χ2v) is 5.56. The third-order valence-electron chi connectivity index (χ3n) is 2.66. The van der Waals surface area contributed by atoms with Gasteiger partial charge in [-0.15, -0.1) is 5.10 Å². The van der Waals surface area contributed by atoms with Crippen molar-refractivity contribution in [2.45, 2.75) is 24.3 Å². The molecule has 0 aliphatic carbocycles. The molecule has 0 aliphatic heterocycles. The Morgan fingerprint density at radius 2 is 2.05 bits per heavy atom. The summed E-state index contributed by atoms with van der Waals surface area (Å²) in [5, 5.41) is 8.91. The first-order valence-corrected chi connectivity index (χ1v) is 7.04. The van der Waals surface area contributed by atoms with Crippen molar-refractivity contribution in [3.8, 4) is 5.69 Å². The fourth-order valence-electron chi connectivity index (χ4n) is 1.69. The molecule has 0 radical (unpaired) electrons. The largest absolute Gasteiger partial charge is 0.338 e. The third kappa shape index (κ3) is 2.72. The van der Waals surface area contributed by atoms with E-state index in [4.69, 9.17) is 4.52 Å². The maximum absolute atomic E-state index is 5.15. The molecule has 0 unspecified atom stereocenters. The number of aryl methyl sites for hydroxylation is 1. The lowest BCUT2D eigenvalue weighted by atomic mass is 10.3. The lowest BCUT2D eigenvalue weighted by molar-refractivity contribution is 0.376. The fraction of sp³-hybridized carbons (Fsp3) is 0.231. The van der Waals surface area contributed by atoms with Gasteiger partial charge in [0.15, 0.2) is 5.82 Å². The van der Waals surface area contributed by atoms with Crippen LogP contribution in [0, 0.1) is 6.92 Å². The quantitative estimate of drug-likeness (QED) is 0.687. The predicted molar refractivity (Wildman–Crippen MR) is 74.7 cm³/mol. The van der Waals surface area contributed by atoms with Gasteiger partial charge in [0.1, 0.15) is 6.33 Å². The Morgan fingerprint density at radius 1 is 1.25 bits per heavy atom. The topological polar surface area (TPSA) is 69.6 Å². The van der Waals surface area contributed by atoms with E-state index in [1.54, 1.807) is 17.9 Å². The zero-order valence-electron chi connectivity index (χ0n) is 11.1. The summed E-state index contributed by atoms with van der Waals surface area (Å²) in [6.07, 6.45) is 1.70. The van der Waals surface area contributed by atoms with E-state index in [-0.39, 0.29) is 5.25 Å². The van der Waals surface area contributed by atoms with Gasteiger partial charge in [0, 0.05) is 0 Å². The van der Waals surface area contributed by atoms with Crippen LogP contribution >= 0.6 is 11.8 Å². The number of aromatic nitrogens is 5. The summed E-state index contributed by atoms with van der Waals surface area (Å²) in [4.78, 5) is 8.50. The van der Waals surface area contributed by atoms with Crippen molar-refractivity contribution in [1.82, 2.24) is 24.9 Å². The number of rotatable bonds is 4. The molecule has 0 N–H and O–H groups in total. The Morgan fingerprint density at radius 3 is 2.75 bits per heavy atom. The minimum absolute atomic E-state index is 0.0165. The highest BCUT2D eigenvalue weighted by atomic mass is 32.2. The average Bonchev–Trinajstić information content (AvgIpc) is 3.09. The van der Waals surface area contributed by atoms with Crippen LogP contribution in [0.2, 0.25) is 0 Å². The molecule has 0 bridgehead atoms. The smallest absolute Gasteiger partial charge is 0.239 e. The molecule has 7 heteroatoms. The van der Waals surface area contributed by atoms with E-state index in [0.717, 1.165) is 5.69 Å². The zero-order chi connectivity index (χ0) is 13.9. The Kier molecular flexibility index (Phi) is 3.51. The van der Waals surface area contributed by atoms with Gasteiger partial charge in [-0.3, -0.25) is 0 Å². The van der Waals surface area contributed by atoms with Crippen LogP contribution in [-0.4, -0.2) is 24.9 Å². The average molecular weight is 287 g/mol. The third-order valence-corrected chi connectivity index (χ3v) is 3.62. The van der Waals surface area contributed by atoms with Gasteiger partial charge in [-0.25, -0.2) is 9.67 Å². The van der Waals surface area contributed by atoms with Gasteiger partial charge in [-0.1, -0.05) is 35.1 Å². The van der Waals surface area contributed by atoms with Crippen molar-refractivity contribution in [2.75, 3.05) is 0 Å². The van der Waals surface area contributed by atoms with Gasteiger partial charge in [0.05, 0.1) is 10.9 Å². The van der Waals surface area contributed by atoms with Gasteiger partial charge in [0.25, 0.3) is 0 Å². The molecular weight excluding hydrogens is 274 g/mol. The first-order valence-electron chi connectivity index (χ1n) is 6.16. The van der Waals surface area contributed by atoms with Gasteiger partial charge in [-0.2, -0.15) is 4.98 Å². The fourth-order valence-corrected chi connectivity index (χ4v) is 2.45. The number of nitrogens with zero attached hydrogens (tertiary/aromatic N) is 5. The van der Waals surface area contributed by atoms with Crippen LogP contribution in [0.5, 0.6) is 0 Å². The minimum Gasteiger partial charge on any atom is -0.338 e. The minimum atomic E-state index is 0.0165. The maximum Gasteiger partial charge on any atom is 0.239 e. The van der Waals surface area contributed by atoms with E-state index in [2.05, 4.69) is 20.2 Å². The molecule has 0 fully saturated rings. The molecule has 6 nitrogen and oxygen atoms in total. The summed E-state index contributed by atoms with van der Waals surface area (Å²) in [7, 11) is 0. The maximum atomic E-state index is 5.15. The first-order chi connectivity index (χ1) is 9.72. The highest BCUT2D eigenvalue weighted by Crippen LogP contribution is 2.31. The van der Waals surface area contributed by atoms with Crippen LogP contribution in [0.25, 0.3) is 5.69 Å². The number of benzene rings is 1. The van der Waals surface area contributed by atoms with Gasteiger partial charge in [-0.05, 0) is 26.0 Å². The summed E-state index contributed by atoms with van der Waals surface area (Å²) in [6.45, 7) is 3.79. The summed E-state index contributed by atoms with van der Waals surface area (Å²) in [5.74, 6) is 1.22. The number of thioether (sulfide) groups is 1. The van der Waals surface area contributed by atoms with Crippen molar-refractivity contribution in [3.05, 3.63) is 48.4 Å². The summed E-state index contributed by atoms with van der Waals surface area (Å²) in [5.41, 5.74) is 0.980. The van der Waals surface area contributed by atoms with E-state index in [1.165, 1.54) is 11.8 Å². The molecule has 3 aromatic rings. The standard InChI is InChI=1S/C13H13N5OS/c1-9(12-15-10(2)17-19-12)20-13-14-8-18(16-13)11-6-4-3-5-7-11/h3-9H,1-2H3/t9-/m1/s1. The SMILES string of the molecule is Cc1noc([C@@H](C)Sc2ncn(-c3ccccc3)n2)n1. The first kappa shape index (κ1) is 12.9. The number of para-hydroxylation sites is 1. The molecule has 1 aromatic carbocycles. The Hall–Kier alpha value is -2.15. The normalized spacial score (nSPS) is 12.5. The molecule has 1 atom stereocenters. The highest BCUT2D eigenvalue weighted by Gasteiger charge is 2.16. The van der Waals surface area contributed by atoms with E-state index in [1.807, 2.05) is 37.3 Å². The molecule has 102 valence electrons. The monoisotopic (exact) mass is 287 g/mol. The van der Waals surface area contributed by atoms with Crippen molar-refractivity contribution in [1.29, 1.82) is 0 Å². The van der Waals surface area contributed by atoms with Crippen molar-refractivity contribution >= 4 is 11.8 Å². The van der Waals surface area contributed by atoms with Gasteiger partial charge >= 0.3 is 0 Å². The van der Waals surface area contributed by atoms with Crippen LogP contribution in [0.15, 0.2) is 46.3 Å². The molecule has 0 aliphatic rings. The van der Waals surface area contributed by atoms with Gasteiger partial charge in [0.2, 0.25) is 11.0 Å². The van der Waals surface area contributed by atoms with Crippen LogP contribution in [0.1, 0.15) is 23.9 Å². The molecule has 2 aromatic heterocycles. The molecule has 20 heavy (non-hydrogen) atoms. The summed E-state index contributed by atoms with van der Waals surface area (Å²) >= 11 is 1.49. The van der Waals surface area contributed by atoms with Crippen molar-refractivity contribution in [3.63, 3.8) is 0 Å². The Labute approximate surface area is 120 Å². The van der Waals surface area contributed by atoms with E-state index < -0.39 is 0 Å². The molecule has 0 saturated heterocycles. The summed E-state index contributed by atoms with van der Waals surface area (Å²) in [6, 6.07) is 9.86. The van der Waals surface area contributed by atoms with Crippen molar-refractivity contribution in [2.24, 2.45) is 0 Å². The lowest BCUT2D eigenvalue weighted by Gasteiger charge is -2.02. The van der Waals surface area contributed by atoms with Gasteiger partial charge < -0.3 is 4.52 Å². The predicted octanol–water partition coefficient (Wildman–Crippen LogP) is 2.81. The van der Waals surface area contributed by atoms with Crippen LogP contribution < -0.4 is 0 Å². The second-order valence-electron chi connectivity index (χ2n) is 4.25. The Balaban J connectivity index is 1.74.